The maximum atomic E-state index is 12.5. The van der Waals surface area contributed by atoms with Crippen molar-refractivity contribution < 1.29 is 9.72 Å². The predicted octanol–water partition coefficient (Wildman–Crippen LogP) is 3.73. The number of nitro benzene ring substituents is 1. The van der Waals surface area contributed by atoms with E-state index >= 15 is 0 Å². The summed E-state index contributed by atoms with van der Waals surface area (Å²) in [6.45, 7) is 0.197. The van der Waals surface area contributed by atoms with Crippen LogP contribution in [0.15, 0.2) is 48.5 Å². The number of nitro groups is 1. The zero-order valence-corrected chi connectivity index (χ0v) is 13.9. The number of carbonyl (C=O) groups is 1. The van der Waals surface area contributed by atoms with Gasteiger partial charge in [-0.25, -0.2) is 0 Å². The summed E-state index contributed by atoms with van der Waals surface area (Å²) >= 11 is 1.72. The molecule has 0 fully saturated rings. The SMILES string of the molecule is CSCc1ccc(C(=O)N(C)Cc2ccccc2[N+](=O)[O-])cc1. The molecule has 6 heteroatoms. The van der Waals surface area contributed by atoms with Crippen molar-refractivity contribution in [2.24, 2.45) is 0 Å². The highest BCUT2D eigenvalue weighted by molar-refractivity contribution is 7.97. The van der Waals surface area contributed by atoms with E-state index in [0.29, 0.717) is 11.1 Å². The first-order chi connectivity index (χ1) is 11.0. The molecule has 120 valence electrons. The minimum atomic E-state index is -0.426. The van der Waals surface area contributed by atoms with E-state index in [1.165, 1.54) is 11.0 Å². The molecule has 0 N–H and O–H groups in total. The van der Waals surface area contributed by atoms with E-state index in [4.69, 9.17) is 0 Å². The van der Waals surface area contributed by atoms with Crippen molar-refractivity contribution in [2.75, 3.05) is 13.3 Å². The third kappa shape index (κ3) is 4.32. The largest absolute Gasteiger partial charge is 0.337 e. The van der Waals surface area contributed by atoms with Crippen LogP contribution in [0, 0.1) is 10.1 Å². The Morgan fingerprint density at radius 2 is 1.83 bits per heavy atom. The molecule has 23 heavy (non-hydrogen) atoms. The fourth-order valence-electron chi connectivity index (χ4n) is 2.28. The van der Waals surface area contributed by atoms with Gasteiger partial charge < -0.3 is 4.90 Å². The van der Waals surface area contributed by atoms with Crippen LogP contribution in [0.1, 0.15) is 21.5 Å². The molecule has 0 saturated heterocycles. The Morgan fingerprint density at radius 1 is 1.17 bits per heavy atom. The third-order valence-electron chi connectivity index (χ3n) is 3.45. The van der Waals surface area contributed by atoms with Crippen LogP contribution in [-0.2, 0) is 12.3 Å². The van der Waals surface area contributed by atoms with Gasteiger partial charge in [-0.15, -0.1) is 0 Å². The second kappa shape index (κ2) is 7.78. The number of thioether (sulfide) groups is 1. The van der Waals surface area contributed by atoms with Crippen LogP contribution >= 0.6 is 11.8 Å². The van der Waals surface area contributed by atoms with E-state index < -0.39 is 4.92 Å². The number of hydrogen-bond donors (Lipinski definition) is 0. The van der Waals surface area contributed by atoms with Crippen molar-refractivity contribution >= 4 is 23.4 Å². The molecule has 0 aliphatic rings. The summed E-state index contributed by atoms with van der Waals surface area (Å²) in [5, 5.41) is 11.0. The molecule has 0 heterocycles. The lowest BCUT2D eigenvalue weighted by molar-refractivity contribution is -0.385. The Hall–Kier alpha value is -2.34. The molecule has 0 aliphatic heterocycles. The molecule has 0 bridgehead atoms. The van der Waals surface area contributed by atoms with Gasteiger partial charge in [-0.2, -0.15) is 11.8 Å². The molecule has 0 aliphatic carbocycles. The van der Waals surface area contributed by atoms with Gasteiger partial charge >= 0.3 is 0 Å². The van der Waals surface area contributed by atoms with E-state index in [9.17, 15) is 14.9 Å². The zero-order valence-electron chi connectivity index (χ0n) is 13.1. The Balaban J connectivity index is 2.12. The Labute approximate surface area is 139 Å². The van der Waals surface area contributed by atoms with Crippen LogP contribution in [0.3, 0.4) is 0 Å². The molecule has 0 aromatic heterocycles. The first-order valence-corrected chi connectivity index (χ1v) is 8.48. The number of amides is 1. The molecule has 2 aromatic carbocycles. The number of rotatable bonds is 6. The minimum Gasteiger partial charge on any atom is -0.337 e. The van der Waals surface area contributed by atoms with Gasteiger partial charge in [-0.3, -0.25) is 14.9 Å². The summed E-state index contributed by atoms with van der Waals surface area (Å²) in [5.74, 6) is 0.749. The molecular weight excluding hydrogens is 312 g/mol. The number of benzene rings is 2. The molecule has 0 radical (unpaired) electrons. The number of nitrogens with zero attached hydrogens (tertiary/aromatic N) is 2. The summed E-state index contributed by atoms with van der Waals surface area (Å²) in [6, 6.07) is 13.9. The van der Waals surface area contributed by atoms with Crippen LogP contribution < -0.4 is 0 Å². The van der Waals surface area contributed by atoms with Crippen molar-refractivity contribution in [3.8, 4) is 0 Å². The topological polar surface area (TPSA) is 63.5 Å². The lowest BCUT2D eigenvalue weighted by Gasteiger charge is -2.17. The molecule has 0 spiro atoms. The Bertz CT molecular complexity index is 701. The molecule has 0 unspecified atom stereocenters. The van der Waals surface area contributed by atoms with E-state index in [1.807, 2.05) is 18.4 Å². The van der Waals surface area contributed by atoms with Gasteiger partial charge in [-0.05, 0) is 24.0 Å². The van der Waals surface area contributed by atoms with Crippen molar-refractivity contribution in [1.29, 1.82) is 0 Å². The van der Waals surface area contributed by atoms with Gasteiger partial charge in [0.1, 0.15) is 0 Å². The quantitative estimate of drug-likeness (QED) is 0.598. The van der Waals surface area contributed by atoms with Gasteiger partial charge in [0, 0.05) is 30.0 Å². The lowest BCUT2D eigenvalue weighted by atomic mass is 10.1. The average molecular weight is 330 g/mol. The van der Waals surface area contributed by atoms with E-state index in [2.05, 4.69) is 0 Å². The summed E-state index contributed by atoms with van der Waals surface area (Å²) in [5.41, 5.74) is 2.29. The van der Waals surface area contributed by atoms with Gasteiger partial charge in [0.2, 0.25) is 0 Å². The second-order valence-electron chi connectivity index (χ2n) is 5.18. The van der Waals surface area contributed by atoms with Crippen LogP contribution in [-0.4, -0.2) is 29.0 Å². The molecule has 2 aromatic rings. The van der Waals surface area contributed by atoms with Gasteiger partial charge in [0.05, 0.1) is 11.5 Å². The summed E-state index contributed by atoms with van der Waals surface area (Å²) in [7, 11) is 1.65. The molecular formula is C17H18N2O3S. The molecule has 1 amide bonds. The van der Waals surface area contributed by atoms with Crippen molar-refractivity contribution in [3.05, 3.63) is 75.3 Å². The predicted molar refractivity (Wildman–Crippen MR) is 92.6 cm³/mol. The van der Waals surface area contributed by atoms with Crippen molar-refractivity contribution in [1.82, 2.24) is 4.90 Å². The monoisotopic (exact) mass is 330 g/mol. The Kier molecular flexibility index (Phi) is 5.76. The normalized spacial score (nSPS) is 10.3. The molecule has 2 rings (SSSR count). The highest BCUT2D eigenvalue weighted by Gasteiger charge is 2.17. The molecule has 0 atom stereocenters. The lowest BCUT2D eigenvalue weighted by Crippen LogP contribution is -2.26. The van der Waals surface area contributed by atoms with E-state index in [1.54, 1.807) is 49.1 Å². The summed E-state index contributed by atoms with van der Waals surface area (Å²) < 4.78 is 0. The van der Waals surface area contributed by atoms with E-state index in [0.717, 1.165) is 11.3 Å². The van der Waals surface area contributed by atoms with E-state index in [-0.39, 0.29) is 18.1 Å². The smallest absolute Gasteiger partial charge is 0.274 e. The minimum absolute atomic E-state index is 0.0301. The van der Waals surface area contributed by atoms with Crippen molar-refractivity contribution in [3.63, 3.8) is 0 Å². The highest BCUT2D eigenvalue weighted by Crippen LogP contribution is 2.20. The number of para-hydroxylation sites is 1. The maximum absolute atomic E-state index is 12.5. The fourth-order valence-corrected chi connectivity index (χ4v) is 2.81. The second-order valence-corrected chi connectivity index (χ2v) is 6.04. The summed E-state index contributed by atoms with van der Waals surface area (Å²) in [4.78, 5) is 24.6. The van der Waals surface area contributed by atoms with Gasteiger partial charge in [0.25, 0.3) is 11.6 Å². The molecule has 0 saturated carbocycles. The van der Waals surface area contributed by atoms with Crippen LogP contribution in [0.25, 0.3) is 0 Å². The van der Waals surface area contributed by atoms with Gasteiger partial charge in [-0.1, -0.05) is 30.3 Å². The Morgan fingerprint density at radius 3 is 2.43 bits per heavy atom. The zero-order chi connectivity index (χ0) is 16.8. The summed E-state index contributed by atoms with van der Waals surface area (Å²) in [6.07, 6.45) is 2.03. The number of carbonyl (C=O) groups excluding carboxylic acids is 1. The third-order valence-corrected chi connectivity index (χ3v) is 4.08. The maximum Gasteiger partial charge on any atom is 0.274 e. The van der Waals surface area contributed by atoms with Crippen LogP contribution in [0.4, 0.5) is 5.69 Å². The van der Waals surface area contributed by atoms with Crippen LogP contribution in [0.2, 0.25) is 0 Å². The molecule has 5 nitrogen and oxygen atoms in total. The van der Waals surface area contributed by atoms with Gasteiger partial charge in [0.15, 0.2) is 0 Å². The average Bonchev–Trinajstić information content (AvgIpc) is 2.55. The standard InChI is InChI=1S/C17H18N2O3S/c1-18(11-15-5-3-4-6-16(15)19(21)22)17(20)14-9-7-13(8-10-14)12-23-2/h3-10H,11-12H2,1-2H3. The fraction of sp³-hybridized carbons (Fsp3) is 0.235. The van der Waals surface area contributed by atoms with Crippen molar-refractivity contribution in [2.45, 2.75) is 12.3 Å². The first kappa shape index (κ1) is 17.0. The van der Waals surface area contributed by atoms with Crippen LogP contribution in [0.5, 0.6) is 0 Å². The first-order valence-electron chi connectivity index (χ1n) is 7.08. The number of hydrogen-bond acceptors (Lipinski definition) is 4. The highest BCUT2D eigenvalue weighted by atomic mass is 32.2.